The molecule has 26 heavy (non-hydrogen) atoms. The lowest BCUT2D eigenvalue weighted by Gasteiger charge is -2.07. The van der Waals surface area contributed by atoms with Crippen molar-refractivity contribution in [2.75, 3.05) is 0 Å². The summed E-state index contributed by atoms with van der Waals surface area (Å²) in [5.41, 5.74) is 9.09. The number of H-pyrrole nitrogens is 2. The molecule has 4 nitrogen and oxygen atoms in total. The van der Waals surface area contributed by atoms with Crippen molar-refractivity contribution >= 4 is 27.6 Å². The van der Waals surface area contributed by atoms with Gasteiger partial charge in [-0.05, 0) is 62.1 Å². The smallest absolute Gasteiger partial charge is 0.138 e. The summed E-state index contributed by atoms with van der Waals surface area (Å²) in [4.78, 5) is 16.1. The van der Waals surface area contributed by atoms with E-state index in [4.69, 9.17) is 4.98 Å². The molecule has 0 atom stereocenters. The predicted molar refractivity (Wildman–Crippen MR) is 107 cm³/mol. The number of aromatic nitrogens is 4. The van der Waals surface area contributed by atoms with Crippen molar-refractivity contribution in [1.82, 2.24) is 19.9 Å². The van der Waals surface area contributed by atoms with E-state index in [9.17, 15) is 0 Å². The molecule has 0 fully saturated rings. The second-order valence-electron chi connectivity index (χ2n) is 7.06. The van der Waals surface area contributed by atoms with Crippen LogP contribution in [0.3, 0.4) is 0 Å². The van der Waals surface area contributed by atoms with Crippen LogP contribution in [-0.4, -0.2) is 19.9 Å². The molecule has 2 heterocycles. The Bertz CT molecular complexity index is 1200. The SMILES string of the molecule is CC1=CC(c2nc3ccc(-c4ccc5nc(C)[nH]c5c4)cc3[nH]2)=CCC1. The Morgan fingerprint density at radius 1 is 0.846 bits per heavy atom. The number of hydrogen-bond donors (Lipinski definition) is 2. The van der Waals surface area contributed by atoms with Gasteiger partial charge in [-0.15, -0.1) is 0 Å². The fraction of sp³-hybridized carbons (Fsp3) is 0.182. The first-order valence-electron chi connectivity index (χ1n) is 9.00. The van der Waals surface area contributed by atoms with Gasteiger partial charge < -0.3 is 9.97 Å². The van der Waals surface area contributed by atoms with Crippen LogP contribution in [0.4, 0.5) is 0 Å². The van der Waals surface area contributed by atoms with Crippen LogP contribution in [0.15, 0.2) is 54.1 Å². The first-order valence-corrected chi connectivity index (χ1v) is 9.00. The number of benzene rings is 2. The van der Waals surface area contributed by atoms with Crippen LogP contribution in [0.2, 0.25) is 0 Å². The van der Waals surface area contributed by atoms with E-state index in [1.807, 2.05) is 6.92 Å². The molecule has 0 saturated heterocycles. The van der Waals surface area contributed by atoms with Crippen molar-refractivity contribution in [3.05, 3.63) is 65.8 Å². The molecular formula is C22H20N4. The molecule has 0 radical (unpaired) electrons. The number of nitrogens with zero attached hydrogens (tertiary/aromatic N) is 2. The Morgan fingerprint density at radius 2 is 1.54 bits per heavy atom. The summed E-state index contributed by atoms with van der Waals surface area (Å²) < 4.78 is 0. The van der Waals surface area contributed by atoms with Crippen LogP contribution >= 0.6 is 0 Å². The molecule has 2 aromatic heterocycles. The second-order valence-corrected chi connectivity index (χ2v) is 7.06. The van der Waals surface area contributed by atoms with E-state index >= 15 is 0 Å². The summed E-state index contributed by atoms with van der Waals surface area (Å²) in [6.07, 6.45) is 6.73. The van der Waals surface area contributed by atoms with Crippen molar-refractivity contribution in [1.29, 1.82) is 0 Å². The molecule has 0 unspecified atom stereocenters. The number of fused-ring (bicyclic) bond motifs is 2. The topological polar surface area (TPSA) is 57.4 Å². The molecular weight excluding hydrogens is 320 g/mol. The minimum Gasteiger partial charge on any atom is -0.342 e. The summed E-state index contributed by atoms with van der Waals surface area (Å²) in [6, 6.07) is 12.7. The number of hydrogen-bond acceptors (Lipinski definition) is 2. The summed E-state index contributed by atoms with van der Waals surface area (Å²) in [5, 5.41) is 0. The number of aromatic amines is 2. The maximum Gasteiger partial charge on any atom is 0.138 e. The molecule has 0 aliphatic heterocycles. The average molecular weight is 340 g/mol. The van der Waals surface area contributed by atoms with Crippen LogP contribution in [-0.2, 0) is 0 Å². The Balaban J connectivity index is 1.57. The molecule has 1 aliphatic carbocycles. The zero-order valence-corrected chi connectivity index (χ0v) is 14.9. The lowest BCUT2D eigenvalue weighted by atomic mass is 10.0. The normalized spacial score (nSPS) is 14.7. The van der Waals surface area contributed by atoms with Gasteiger partial charge in [0.1, 0.15) is 11.6 Å². The summed E-state index contributed by atoms with van der Waals surface area (Å²) >= 11 is 0. The number of imidazole rings is 2. The summed E-state index contributed by atoms with van der Waals surface area (Å²) in [6.45, 7) is 4.16. The molecule has 0 bridgehead atoms. The van der Waals surface area contributed by atoms with E-state index in [1.165, 1.54) is 22.3 Å². The van der Waals surface area contributed by atoms with E-state index in [1.54, 1.807) is 0 Å². The van der Waals surface area contributed by atoms with Crippen LogP contribution in [0.5, 0.6) is 0 Å². The van der Waals surface area contributed by atoms with E-state index < -0.39 is 0 Å². The summed E-state index contributed by atoms with van der Waals surface area (Å²) in [7, 11) is 0. The van der Waals surface area contributed by atoms with Crippen LogP contribution in [0.25, 0.3) is 38.8 Å². The third-order valence-corrected chi connectivity index (χ3v) is 4.99. The number of aryl methyl sites for hydroxylation is 1. The Morgan fingerprint density at radius 3 is 2.27 bits per heavy atom. The zero-order chi connectivity index (χ0) is 17.7. The van der Waals surface area contributed by atoms with Gasteiger partial charge in [-0.3, -0.25) is 0 Å². The van der Waals surface area contributed by atoms with Crippen molar-refractivity contribution < 1.29 is 0 Å². The van der Waals surface area contributed by atoms with Crippen molar-refractivity contribution in [2.24, 2.45) is 0 Å². The standard InChI is InChI=1S/C22H20N4/c1-13-4-3-5-17(10-13)22-25-19-9-7-16(12-21(19)26-22)15-6-8-18-20(11-15)24-14(2)23-18/h5-12H,3-4H2,1-2H3,(H,23,24)(H,25,26). The molecule has 2 aromatic carbocycles. The Hall–Kier alpha value is -3.14. The molecule has 4 aromatic rings. The number of allylic oxidation sites excluding steroid dienone is 4. The van der Waals surface area contributed by atoms with E-state index in [2.05, 4.69) is 70.4 Å². The third kappa shape index (κ3) is 2.54. The largest absolute Gasteiger partial charge is 0.342 e. The van der Waals surface area contributed by atoms with Gasteiger partial charge in [0.25, 0.3) is 0 Å². The predicted octanol–water partition coefficient (Wildman–Crippen LogP) is 5.54. The fourth-order valence-corrected chi connectivity index (χ4v) is 3.66. The van der Waals surface area contributed by atoms with Gasteiger partial charge in [0, 0.05) is 5.57 Å². The minimum absolute atomic E-state index is 0.940. The number of rotatable bonds is 2. The molecule has 4 heteroatoms. The Labute approximate surface area is 151 Å². The highest BCUT2D eigenvalue weighted by molar-refractivity contribution is 5.88. The van der Waals surface area contributed by atoms with Gasteiger partial charge in [-0.1, -0.05) is 29.9 Å². The molecule has 0 amide bonds. The fourth-order valence-electron chi connectivity index (χ4n) is 3.66. The second kappa shape index (κ2) is 5.70. The first kappa shape index (κ1) is 15.1. The quantitative estimate of drug-likeness (QED) is 0.503. The zero-order valence-electron chi connectivity index (χ0n) is 14.9. The highest BCUT2D eigenvalue weighted by Gasteiger charge is 2.11. The van der Waals surface area contributed by atoms with Gasteiger partial charge in [0.05, 0.1) is 22.1 Å². The van der Waals surface area contributed by atoms with Crippen molar-refractivity contribution in [3.8, 4) is 11.1 Å². The Kier molecular flexibility index (Phi) is 3.32. The molecule has 2 N–H and O–H groups in total. The minimum atomic E-state index is 0.940. The van der Waals surface area contributed by atoms with Gasteiger partial charge in [-0.2, -0.15) is 0 Å². The summed E-state index contributed by atoms with van der Waals surface area (Å²) in [5.74, 6) is 1.89. The lowest BCUT2D eigenvalue weighted by molar-refractivity contribution is 0.962. The van der Waals surface area contributed by atoms with Crippen molar-refractivity contribution in [2.45, 2.75) is 26.7 Å². The highest BCUT2D eigenvalue weighted by Crippen LogP contribution is 2.29. The van der Waals surface area contributed by atoms with Crippen molar-refractivity contribution in [3.63, 3.8) is 0 Å². The number of nitrogens with one attached hydrogen (secondary N) is 2. The maximum atomic E-state index is 4.77. The van der Waals surface area contributed by atoms with Crippen LogP contribution < -0.4 is 0 Å². The van der Waals surface area contributed by atoms with Crippen LogP contribution in [0, 0.1) is 6.92 Å². The molecule has 1 aliphatic rings. The van der Waals surface area contributed by atoms with Gasteiger partial charge in [-0.25, -0.2) is 9.97 Å². The van der Waals surface area contributed by atoms with E-state index in [-0.39, 0.29) is 0 Å². The monoisotopic (exact) mass is 340 g/mol. The first-order chi connectivity index (χ1) is 12.7. The lowest BCUT2D eigenvalue weighted by Crippen LogP contribution is -1.91. The molecule has 0 spiro atoms. The third-order valence-electron chi connectivity index (χ3n) is 4.99. The highest BCUT2D eigenvalue weighted by atomic mass is 14.9. The molecule has 0 saturated carbocycles. The van der Waals surface area contributed by atoms with E-state index in [0.717, 1.165) is 46.6 Å². The van der Waals surface area contributed by atoms with Crippen LogP contribution in [0.1, 0.15) is 31.4 Å². The van der Waals surface area contributed by atoms with Gasteiger partial charge in [0.2, 0.25) is 0 Å². The maximum absolute atomic E-state index is 4.77. The average Bonchev–Trinajstić information content (AvgIpc) is 3.22. The van der Waals surface area contributed by atoms with Gasteiger partial charge >= 0.3 is 0 Å². The molecule has 5 rings (SSSR count). The van der Waals surface area contributed by atoms with E-state index in [0.29, 0.717) is 0 Å². The molecule has 128 valence electrons. The van der Waals surface area contributed by atoms with Gasteiger partial charge in [0.15, 0.2) is 0 Å².